The fraction of sp³-hybridized carbons (Fsp3) is 0.611. The molecule has 0 amide bonds. The Hall–Kier alpha value is -1.30. The molecule has 1 heterocycles. The number of rotatable bonds is 6. The number of hydrogen-bond acceptors (Lipinski definition) is 3. The maximum Gasteiger partial charge on any atom is 0.188 e. The molecule has 1 aromatic carbocycles. The quantitative estimate of drug-likeness (QED) is 0.611. The third-order valence-corrected chi connectivity index (χ3v) is 5.33. The van der Waals surface area contributed by atoms with Crippen molar-refractivity contribution < 1.29 is 4.74 Å². The number of nitrogens with two attached hydrogens (primary N) is 1. The highest BCUT2D eigenvalue weighted by atomic mass is 35.5. The van der Waals surface area contributed by atoms with E-state index in [1.165, 1.54) is 19.3 Å². The van der Waals surface area contributed by atoms with Crippen LogP contribution in [-0.4, -0.2) is 50.3 Å². The van der Waals surface area contributed by atoms with E-state index in [2.05, 4.69) is 21.3 Å². The molecule has 0 spiro atoms. The molecule has 1 aromatic rings. The Labute approximate surface area is 149 Å². The van der Waals surface area contributed by atoms with E-state index < -0.39 is 0 Å². The smallest absolute Gasteiger partial charge is 0.188 e. The molecule has 2 fully saturated rings. The Kier molecular flexibility index (Phi) is 6.35. The van der Waals surface area contributed by atoms with E-state index in [0.29, 0.717) is 12.5 Å². The summed E-state index contributed by atoms with van der Waals surface area (Å²) in [7, 11) is 0. The lowest BCUT2D eigenvalue weighted by Crippen LogP contribution is -2.41. The molecular weight excluding hydrogens is 324 g/mol. The van der Waals surface area contributed by atoms with Crippen molar-refractivity contribution in [3.05, 3.63) is 34.9 Å². The molecule has 0 bridgehead atoms. The van der Waals surface area contributed by atoms with Crippen LogP contribution in [0.3, 0.4) is 0 Å². The van der Waals surface area contributed by atoms with Gasteiger partial charge in [-0.05, 0) is 30.4 Å². The monoisotopic (exact) mass is 350 g/mol. The Balaban J connectivity index is 1.65. The number of hydrogen-bond donors (Lipinski definition) is 2. The first-order chi connectivity index (χ1) is 11.7. The van der Waals surface area contributed by atoms with Crippen molar-refractivity contribution in [3.8, 4) is 0 Å². The zero-order valence-corrected chi connectivity index (χ0v) is 14.8. The summed E-state index contributed by atoms with van der Waals surface area (Å²) in [6, 6.07) is 8.13. The molecule has 1 aliphatic carbocycles. The number of ether oxygens (including phenoxy) is 1. The van der Waals surface area contributed by atoms with Gasteiger partial charge in [-0.25, -0.2) is 0 Å². The van der Waals surface area contributed by atoms with Gasteiger partial charge in [-0.3, -0.25) is 9.89 Å². The summed E-state index contributed by atoms with van der Waals surface area (Å²) in [5.74, 6) is 1.30. The van der Waals surface area contributed by atoms with Crippen molar-refractivity contribution in [1.82, 2.24) is 10.2 Å². The molecule has 2 aliphatic rings. The second-order valence-corrected chi connectivity index (χ2v) is 7.00. The molecule has 1 unspecified atom stereocenters. The van der Waals surface area contributed by atoms with Gasteiger partial charge < -0.3 is 15.8 Å². The SMILES string of the molecule is NC(=NCC(c1ccccc1Cl)N1CCOCC1)NCC1CCC1. The van der Waals surface area contributed by atoms with Gasteiger partial charge in [-0.1, -0.05) is 36.2 Å². The molecule has 1 atom stereocenters. The summed E-state index contributed by atoms with van der Waals surface area (Å²) < 4.78 is 5.48. The van der Waals surface area contributed by atoms with Crippen LogP contribution in [0.5, 0.6) is 0 Å². The number of guanidine groups is 1. The topological polar surface area (TPSA) is 62.9 Å². The number of halogens is 1. The second kappa shape index (κ2) is 8.70. The van der Waals surface area contributed by atoms with E-state index in [4.69, 9.17) is 22.1 Å². The van der Waals surface area contributed by atoms with Crippen LogP contribution in [0.25, 0.3) is 0 Å². The molecule has 0 aromatic heterocycles. The molecule has 132 valence electrons. The molecule has 6 heteroatoms. The van der Waals surface area contributed by atoms with E-state index in [0.717, 1.165) is 49.4 Å². The normalized spacial score (nSPS) is 21.3. The van der Waals surface area contributed by atoms with Crippen molar-refractivity contribution in [2.45, 2.75) is 25.3 Å². The highest BCUT2D eigenvalue weighted by Crippen LogP contribution is 2.28. The largest absolute Gasteiger partial charge is 0.379 e. The highest BCUT2D eigenvalue weighted by molar-refractivity contribution is 6.31. The highest BCUT2D eigenvalue weighted by Gasteiger charge is 2.24. The fourth-order valence-electron chi connectivity index (χ4n) is 3.23. The van der Waals surface area contributed by atoms with E-state index in [1.54, 1.807) is 0 Å². The molecule has 0 radical (unpaired) electrons. The third kappa shape index (κ3) is 4.62. The summed E-state index contributed by atoms with van der Waals surface area (Å²) in [4.78, 5) is 6.97. The van der Waals surface area contributed by atoms with Gasteiger partial charge in [0.15, 0.2) is 5.96 Å². The van der Waals surface area contributed by atoms with Crippen LogP contribution in [0.1, 0.15) is 30.9 Å². The van der Waals surface area contributed by atoms with Crippen molar-refractivity contribution in [1.29, 1.82) is 0 Å². The average molecular weight is 351 g/mol. The molecule has 1 saturated heterocycles. The first kappa shape index (κ1) is 17.5. The summed E-state index contributed by atoms with van der Waals surface area (Å²) in [5.41, 5.74) is 7.17. The molecule has 3 N–H and O–H groups in total. The summed E-state index contributed by atoms with van der Waals surface area (Å²) in [5, 5.41) is 4.04. The van der Waals surface area contributed by atoms with Crippen molar-refractivity contribution >= 4 is 17.6 Å². The summed E-state index contributed by atoms with van der Waals surface area (Å²) >= 11 is 6.43. The molecule has 1 aliphatic heterocycles. The van der Waals surface area contributed by atoms with Crippen molar-refractivity contribution in [3.63, 3.8) is 0 Å². The first-order valence-electron chi connectivity index (χ1n) is 8.84. The minimum absolute atomic E-state index is 0.131. The Bertz CT molecular complexity index is 556. The third-order valence-electron chi connectivity index (χ3n) is 4.98. The number of morpholine rings is 1. The van der Waals surface area contributed by atoms with Crippen LogP contribution in [0.2, 0.25) is 5.02 Å². The van der Waals surface area contributed by atoms with Gasteiger partial charge in [0.1, 0.15) is 0 Å². The van der Waals surface area contributed by atoms with Gasteiger partial charge in [-0.2, -0.15) is 0 Å². The zero-order valence-electron chi connectivity index (χ0n) is 14.1. The molecule has 1 saturated carbocycles. The molecule has 24 heavy (non-hydrogen) atoms. The van der Waals surface area contributed by atoms with Crippen LogP contribution < -0.4 is 11.1 Å². The standard InChI is InChI=1S/C18H27ClN4O/c19-16-7-2-1-6-15(16)17(23-8-10-24-11-9-23)13-22-18(20)21-12-14-4-3-5-14/h1-2,6-7,14,17H,3-5,8-13H2,(H3,20,21,22). The minimum atomic E-state index is 0.131. The van der Waals surface area contributed by atoms with Crippen molar-refractivity contribution in [2.75, 3.05) is 39.4 Å². The summed E-state index contributed by atoms with van der Waals surface area (Å²) in [6.07, 6.45) is 3.95. The lowest BCUT2D eigenvalue weighted by Gasteiger charge is -2.34. The number of aliphatic imine (C=N–C) groups is 1. The molecule has 5 nitrogen and oxygen atoms in total. The van der Waals surface area contributed by atoms with Crippen LogP contribution in [0.15, 0.2) is 29.3 Å². The van der Waals surface area contributed by atoms with Gasteiger partial charge in [0, 0.05) is 24.7 Å². The second-order valence-electron chi connectivity index (χ2n) is 6.59. The fourth-order valence-corrected chi connectivity index (χ4v) is 3.49. The molecule has 3 rings (SSSR count). The van der Waals surface area contributed by atoms with Gasteiger partial charge in [0.05, 0.1) is 25.8 Å². The minimum Gasteiger partial charge on any atom is -0.379 e. The number of nitrogens with one attached hydrogen (secondary N) is 1. The van der Waals surface area contributed by atoms with E-state index in [1.807, 2.05) is 18.2 Å². The van der Waals surface area contributed by atoms with E-state index in [9.17, 15) is 0 Å². The number of nitrogens with zero attached hydrogens (tertiary/aromatic N) is 2. The van der Waals surface area contributed by atoms with Gasteiger partial charge in [0.2, 0.25) is 0 Å². The molecular formula is C18H27ClN4O. The Morgan fingerprint density at radius 2 is 2.08 bits per heavy atom. The van der Waals surface area contributed by atoms with Crippen LogP contribution >= 0.6 is 11.6 Å². The lowest BCUT2D eigenvalue weighted by molar-refractivity contribution is 0.0180. The van der Waals surface area contributed by atoms with Gasteiger partial charge in [0.25, 0.3) is 0 Å². The first-order valence-corrected chi connectivity index (χ1v) is 9.22. The average Bonchev–Trinajstić information content (AvgIpc) is 2.56. The van der Waals surface area contributed by atoms with Gasteiger partial charge >= 0.3 is 0 Å². The maximum absolute atomic E-state index is 6.43. The summed E-state index contributed by atoms with van der Waals surface area (Å²) in [6.45, 7) is 4.82. The lowest BCUT2D eigenvalue weighted by atomic mass is 9.85. The predicted octanol–water partition coefficient (Wildman–Crippen LogP) is 2.42. The predicted molar refractivity (Wildman–Crippen MR) is 98.4 cm³/mol. The van der Waals surface area contributed by atoms with Crippen molar-refractivity contribution in [2.24, 2.45) is 16.6 Å². The van der Waals surface area contributed by atoms with E-state index >= 15 is 0 Å². The van der Waals surface area contributed by atoms with Crippen LogP contribution in [-0.2, 0) is 4.74 Å². The van der Waals surface area contributed by atoms with Gasteiger partial charge in [-0.15, -0.1) is 0 Å². The van der Waals surface area contributed by atoms with E-state index in [-0.39, 0.29) is 6.04 Å². The van der Waals surface area contributed by atoms with Crippen LogP contribution in [0, 0.1) is 5.92 Å². The Morgan fingerprint density at radius 1 is 1.33 bits per heavy atom. The maximum atomic E-state index is 6.43. The number of benzene rings is 1. The van der Waals surface area contributed by atoms with Crippen LogP contribution in [0.4, 0.5) is 0 Å². The zero-order chi connectivity index (χ0) is 16.8. The Morgan fingerprint density at radius 3 is 2.75 bits per heavy atom.